The van der Waals surface area contributed by atoms with Crippen LogP contribution in [0, 0.1) is 11.3 Å². The first-order chi connectivity index (χ1) is 7.78. The zero-order valence-corrected chi connectivity index (χ0v) is 10.7. The molecule has 2 atom stereocenters. The van der Waals surface area contributed by atoms with Gasteiger partial charge in [0, 0.05) is 6.61 Å². The number of hydrogen-bond acceptors (Lipinski definition) is 3. The Morgan fingerprint density at radius 3 is 2.18 bits per heavy atom. The first kappa shape index (κ1) is 12.5. The molecule has 3 N–H and O–H groups in total. The predicted molar refractivity (Wildman–Crippen MR) is 64.9 cm³/mol. The molecule has 0 heterocycles. The van der Waals surface area contributed by atoms with E-state index in [0.29, 0.717) is 5.92 Å². The van der Waals surface area contributed by atoms with Crippen molar-refractivity contribution >= 4 is 10.0 Å². The third-order valence-corrected chi connectivity index (χ3v) is 4.74. The van der Waals surface area contributed by atoms with Gasteiger partial charge in [-0.05, 0) is 34.9 Å². The van der Waals surface area contributed by atoms with Crippen molar-refractivity contribution in [2.24, 2.45) is 16.5 Å². The van der Waals surface area contributed by atoms with E-state index in [0.717, 1.165) is 5.56 Å². The van der Waals surface area contributed by atoms with Crippen molar-refractivity contribution < 1.29 is 13.5 Å². The van der Waals surface area contributed by atoms with Crippen LogP contribution < -0.4 is 5.14 Å². The van der Waals surface area contributed by atoms with Crippen LogP contribution in [0.4, 0.5) is 0 Å². The van der Waals surface area contributed by atoms with E-state index in [1.165, 1.54) is 12.1 Å². The fourth-order valence-corrected chi connectivity index (χ4v) is 3.13. The van der Waals surface area contributed by atoms with Crippen LogP contribution in [0.3, 0.4) is 0 Å². The van der Waals surface area contributed by atoms with Gasteiger partial charge in [0.05, 0.1) is 4.90 Å². The first-order valence-electron chi connectivity index (χ1n) is 5.52. The van der Waals surface area contributed by atoms with Crippen molar-refractivity contribution in [3.8, 4) is 0 Å². The van der Waals surface area contributed by atoms with Crippen LogP contribution in [-0.2, 0) is 10.0 Å². The fraction of sp³-hybridized carbons (Fsp3) is 0.500. The lowest BCUT2D eigenvalue weighted by atomic mass is 10.0. The minimum absolute atomic E-state index is 0.0812. The zero-order valence-electron chi connectivity index (χ0n) is 9.92. The zero-order chi connectivity index (χ0) is 12.8. The summed E-state index contributed by atoms with van der Waals surface area (Å²) in [6.45, 7) is 4.37. The van der Waals surface area contributed by atoms with Crippen molar-refractivity contribution in [2.75, 3.05) is 6.61 Å². The molecule has 0 aliphatic heterocycles. The summed E-state index contributed by atoms with van der Waals surface area (Å²) >= 11 is 0. The highest BCUT2D eigenvalue weighted by molar-refractivity contribution is 7.89. The number of sulfonamides is 1. The quantitative estimate of drug-likeness (QED) is 0.847. The summed E-state index contributed by atoms with van der Waals surface area (Å²) in [6, 6.07) is 6.60. The van der Waals surface area contributed by atoms with Gasteiger partial charge in [-0.3, -0.25) is 0 Å². The number of nitrogens with two attached hydrogens (primary N) is 1. The lowest BCUT2D eigenvalue weighted by Crippen LogP contribution is -2.11. The molecule has 94 valence electrons. The molecular formula is C12H17NO3S. The molecule has 1 fully saturated rings. The Labute approximate surface area is 102 Å². The lowest BCUT2D eigenvalue weighted by Gasteiger charge is -2.04. The van der Waals surface area contributed by atoms with Crippen LogP contribution >= 0.6 is 0 Å². The fourth-order valence-electron chi connectivity index (χ4n) is 2.61. The Kier molecular flexibility index (Phi) is 2.80. The highest BCUT2D eigenvalue weighted by Gasteiger charge is 2.57. The number of hydrogen-bond donors (Lipinski definition) is 2. The maximum absolute atomic E-state index is 11.1. The van der Waals surface area contributed by atoms with Gasteiger partial charge < -0.3 is 5.11 Å². The molecule has 4 nitrogen and oxygen atoms in total. The first-order valence-corrected chi connectivity index (χ1v) is 7.06. The summed E-state index contributed by atoms with van der Waals surface area (Å²) in [5.74, 6) is 0.546. The van der Waals surface area contributed by atoms with Gasteiger partial charge in [-0.1, -0.05) is 26.0 Å². The third-order valence-electron chi connectivity index (χ3n) is 3.81. The molecule has 1 aromatic carbocycles. The molecule has 0 saturated heterocycles. The van der Waals surface area contributed by atoms with Gasteiger partial charge >= 0.3 is 0 Å². The molecule has 5 heteroatoms. The number of aliphatic hydroxyl groups is 1. The van der Waals surface area contributed by atoms with E-state index in [1.807, 2.05) is 0 Å². The van der Waals surface area contributed by atoms with Gasteiger partial charge in [-0.15, -0.1) is 0 Å². The number of primary sulfonamides is 1. The summed E-state index contributed by atoms with van der Waals surface area (Å²) in [7, 11) is -3.62. The molecule has 1 aliphatic carbocycles. The van der Waals surface area contributed by atoms with Crippen molar-refractivity contribution in [3.05, 3.63) is 29.8 Å². The molecule has 17 heavy (non-hydrogen) atoms. The molecule has 0 radical (unpaired) electrons. The Bertz CT molecular complexity index is 519. The molecule has 1 aromatic rings. The maximum Gasteiger partial charge on any atom is 0.238 e. The Balaban J connectivity index is 2.27. The van der Waals surface area contributed by atoms with Crippen LogP contribution in [0.15, 0.2) is 29.2 Å². The minimum atomic E-state index is -3.62. The second kappa shape index (κ2) is 3.80. The van der Waals surface area contributed by atoms with Crippen LogP contribution in [0.1, 0.15) is 25.3 Å². The highest BCUT2D eigenvalue weighted by Crippen LogP contribution is 2.63. The van der Waals surface area contributed by atoms with E-state index < -0.39 is 10.0 Å². The Morgan fingerprint density at radius 1 is 1.29 bits per heavy atom. The minimum Gasteiger partial charge on any atom is -0.396 e. The molecule has 0 bridgehead atoms. The van der Waals surface area contributed by atoms with E-state index >= 15 is 0 Å². The van der Waals surface area contributed by atoms with Crippen LogP contribution in [0.2, 0.25) is 0 Å². The lowest BCUT2D eigenvalue weighted by molar-refractivity contribution is 0.256. The second-order valence-electron chi connectivity index (χ2n) is 5.20. The standard InChI is InChI=1S/C12H17NO3S/c1-12(2)10(7-14)11(12)8-3-5-9(6-4-8)17(13,15)16/h3-6,10-11,14H,7H2,1-2H3,(H2,13,15,16). The van der Waals surface area contributed by atoms with Crippen molar-refractivity contribution in [1.29, 1.82) is 0 Å². The van der Waals surface area contributed by atoms with Gasteiger partial charge in [0.1, 0.15) is 0 Å². The molecular weight excluding hydrogens is 238 g/mol. The molecule has 2 rings (SSSR count). The molecule has 1 aliphatic rings. The monoisotopic (exact) mass is 255 g/mol. The third kappa shape index (κ3) is 2.10. The van der Waals surface area contributed by atoms with Crippen molar-refractivity contribution in [2.45, 2.75) is 24.7 Å². The van der Waals surface area contributed by atoms with E-state index in [1.54, 1.807) is 12.1 Å². The van der Waals surface area contributed by atoms with Crippen LogP contribution in [0.25, 0.3) is 0 Å². The van der Waals surface area contributed by atoms with Crippen molar-refractivity contribution in [3.63, 3.8) is 0 Å². The van der Waals surface area contributed by atoms with Crippen LogP contribution in [0.5, 0.6) is 0 Å². The number of aliphatic hydroxyl groups excluding tert-OH is 1. The van der Waals surface area contributed by atoms with Gasteiger partial charge in [-0.25, -0.2) is 13.6 Å². The average Bonchev–Trinajstić information content (AvgIpc) is 2.79. The van der Waals surface area contributed by atoms with Crippen molar-refractivity contribution in [1.82, 2.24) is 0 Å². The second-order valence-corrected chi connectivity index (χ2v) is 6.76. The number of benzene rings is 1. The molecule has 0 spiro atoms. The molecule has 0 amide bonds. The average molecular weight is 255 g/mol. The summed E-state index contributed by atoms with van der Waals surface area (Å²) in [6.07, 6.45) is 0. The van der Waals surface area contributed by atoms with E-state index in [2.05, 4.69) is 13.8 Å². The maximum atomic E-state index is 11.1. The molecule has 1 saturated carbocycles. The Morgan fingerprint density at radius 2 is 1.82 bits per heavy atom. The van der Waals surface area contributed by atoms with E-state index in [4.69, 9.17) is 5.14 Å². The van der Waals surface area contributed by atoms with E-state index in [-0.39, 0.29) is 22.8 Å². The van der Waals surface area contributed by atoms with Crippen LogP contribution in [-0.4, -0.2) is 20.1 Å². The molecule has 0 aromatic heterocycles. The predicted octanol–water partition coefficient (Wildman–Crippen LogP) is 1.07. The smallest absolute Gasteiger partial charge is 0.238 e. The van der Waals surface area contributed by atoms with E-state index in [9.17, 15) is 13.5 Å². The number of rotatable bonds is 3. The van der Waals surface area contributed by atoms with Gasteiger partial charge in [-0.2, -0.15) is 0 Å². The summed E-state index contributed by atoms with van der Waals surface area (Å²) < 4.78 is 22.2. The van der Waals surface area contributed by atoms with Gasteiger partial charge in [0.2, 0.25) is 10.0 Å². The highest BCUT2D eigenvalue weighted by atomic mass is 32.2. The summed E-state index contributed by atoms with van der Waals surface area (Å²) in [4.78, 5) is 0.125. The largest absolute Gasteiger partial charge is 0.396 e. The topological polar surface area (TPSA) is 80.4 Å². The van der Waals surface area contributed by atoms with Gasteiger partial charge in [0.25, 0.3) is 0 Å². The molecule has 2 unspecified atom stereocenters. The Hall–Kier alpha value is -0.910. The SMILES string of the molecule is CC1(C)C(CO)C1c1ccc(S(N)(=O)=O)cc1. The summed E-state index contributed by atoms with van der Waals surface area (Å²) in [5, 5.41) is 14.3. The van der Waals surface area contributed by atoms with Gasteiger partial charge in [0.15, 0.2) is 0 Å². The normalized spacial score (nSPS) is 26.8. The summed E-state index contributed by atoms with van der Waals surface area (Å²) in [5.41, 5.74) is 1.14.